The second-order valence-corrected chi connectivity index (χ2v) is 7.57. The highest BCUT2D eigenvalue weighted by Gasteiger charge is 2.25. The average molecular weight is 368 g/mol. The Morgan fingerprint density at radius 3 is 2.85 bits per heavy atom. The summed E-state index contributed by atoms with van der Waals surface area (Å²) in [4.78, 5) is 12.7. The molecule has 5 heteroatoms. The van der Waals surface area contributed by atoms with Crippen LogP contribution in [-0.2, 0) is 11.2 Å². The lowest BCUT2D eigenvalue weighted by Gasteiger charge is -2.29. The number of carbonyl (C=O) groups is 1. The van der Waals surface area contributed by atoms with E-state index >= 15 is 0 Å². The zero-order chi connectivity index (χ0) is 19.4. The molecule has 2 aliphatic rings. The lowest BCUT2D eigenvalue weighted by molar-refractivity contribution is -0.118. The van der Waals surface area contributed by atoms with Gasteiger partial charge in [-0.05, 0) is 50.8 Å². The van der Waals surface area contributed by atoms with Crippen LogP contribution in [0.3, 0.4) is 0 Å². The van der Waals surface area contributed by atoms with Crippen LogP contribution in [0.2, 0.25) is 0 Å². The quantitative estimate of drug-likeness (QED) is 0.630. The van der Waals surface area contributed by atoms with Crippen LogP contribution < -0.4 is 14.8 Å². The van der Waals surface area contributed by atoms with Gasteiger partial charge in [-0.2, -0.15) is 5.26 Å². The minimum absolute atomic E-state index is 0.0970. The van der Waals surface area contributed by atoms with E-state index in [1.807, 2.05) is 26.0 Å². The van der Waals surface area contributed by atoms with Crippen molar-refractivity contribution in [3.8, 4) is 17.6 Å². The van der Waals surface area contributed by atoms with Gasteiger partial charge in [0.1, 0.15) is 29.2 Å². The molecule has 1 amide bonds. The third-order valence-electron chi connectivity index (χ3n) is 5.42. The molecule has 1 heterocycles. The number of amides is 1. The van der Waals surface area contributed by atoms with Gasteiger partial charge in [-0.3, -0.25) is 4.79 Å². The third kappa shape index (κ3) is 4.44. The molecule has 1 aliphatic heterocycles. The van der Waals surface area contributed by atoms with E-state index in [-0.39, 0.29) is 23.6 Å². The Labute approximate surface area is 161 Å². The highest BCUT2D eigenvalue weighted by Crippen LogP contribution is 2.36. The Morgan fingerprint density at radius 2 is 2.15 bits per heavy atom. The lowest BCUT2D eigenvalue weighted by atomic mass is 9.86. The summed E-state index contributed by atoms with van der Waals surface area (Å²) in [5.74, 6) is 1.61. The second kappa shape index (κ2) is 8.47. The number of hydrogen-bond acceptors (Lipinski definition) is 4. The lowest BCUT2D eigenvalue weighted by Crippen LogP contribution is -2.41. The molecule has 5 nitrogen and oxygen atoms in total. The van der Waals surface area contributed by atoms with Crippen molar-refractivity contribution in [2.75, 3.05) is 6.61 Å². The number of carbonyl (C=O) groups excluding carboxylic acids is 1. The zero-order valence-electron chi connectivity index (χ0n) is 16.4. The van der Waals surface area contributed by atoms with Gasteiger partial charge in [0.15, 0.2) is 0 Å². The first kappa shape index (κ1) is 19.3. The first-order valence-electron chi connectivity index (χ1n) is 9.90. The minimum atomic E-state index is -0.312. The summed E-state index contributed by atoms with van der Waals surface area (Å²) >= 11 is 0. The van der Waals surface area contributed by atoms with E-state index in [0.717, 1.165) is 37.0 Å². The van der Waals surface area contributed by atoms with Gasteiger partial charge in [-0.25, -0.2) is 0 Å². The topological polar surface area (TPSA) is 71.3 Å². The molecular weight excluding hydrogens is 340 g/mol. The van der Waals surface area contributed by atoms with E-state index in [2.05, 4.69) is 18.3 Å². The number of hydrogen-bond donors (Lipinski definition) is 1. The van der Waals surface area contributed by atoms with Crippen LogP contribution in [0.15, 0.2) is 17.7 Å². The first-order chi connectivity index (χ1) is 13.0. The molecule has 1 aromatic carbocycles. The summed E-state index contributed by atoms with van der Waals surface area (Å²) in [6.45, 7) is 6.62. The van der Waals surface area contributed by atoms with Gasteiger partial charge in [-0.1, -0.05) is 19.8 Å². The molecule has 1 aromatic rings. The summed E-state index contributed by atoms with van der Waals surface area (Å²) in [7, 11) is 0. The SMILES string of the molecule is CCOc1cc2c(cc1/C=C(\C#N)C(=O)N[C@H]1CCCC[C@@H]1C)O[C@H](C)C2. The van der Waals surface area contributed by atoms with Gasteiger partial charge >= 0.3 is 0 Å². The van der Waals surface area contributed by atoms with E-state index in [1.165, 1.54) is 6.42 Å². The molecule has 144 valence electrons. The van der Waals surface area contributed by atoms with Crippen molar-refractivity contribution in [2.45, 2.75) is 65.0 Å². The van der Waals surface area contributed by atoms with Gasteiger partial charge in [0.2, 0.25) is 0 Å². The number of benzene rings is 1. The number of ether oxygens (including phenoxy) is 2. The summed E-state index contributed by atoms with van der Waals surface area (Å²) in [5, 5.41) is 12.6. The standard InChI is InChI=1S/C22H28N2O3/c1-4-26-20-11-16-9-15(3)27-21(16)12-17(20)10-18(13-23)22(25)24-19-8-6-5-7-14(19)2/h10-12,14-15,19H,4-9H2,1-3H3,(H,24,25)/b18-10+/t14-,15+,19-/m0/s1. The molecule has 0 radical (unpaired) electrons. The van der Waals surface area contributed by atoms with E-state index in [9.17, 15) is 10.1 Å². The van der Waals surface area contributed by atoms with Crippen LogP contribution in [0.5, 0.6) is 11.5 Å². The first-order valence-corrected chi connectivity index (χ1v) is 9.90. The fraction of sp³-hybridized carbons (Fsp3) is 0.545. The van der Waals surface area contributed by atoms with Gasteiger partial charge in [0, 0.05) is 23.6 Å². The Bertz CT molecular complexity index is 778. The van der Waals surface area contributed by atoms with Gasteiger partial charge < -0.3 is 14.8 Å². The van der Waals surface area contributed by atoms with E-state index < -0.39 is 0 Å². The Kier molecular flexibility index (Phi) is 6.05. The maximum Gasteiger partial charge on any atom is 0.262 e. The molecule has 0 bridgehead atoms. The van der Waals surface area contributed by atoms with Crippen LogP contribution in [0.25, 0.3) is 6.08 Å². The zero-order valence-corrected chi connectivity index (χ0v) is 16.4. The smallest absolute Gasteiger partial charge is 0.262 e. The molecule has 1 N–H and O–H groups in total. The molecule has 3 atom stereocenters. The van der Waals surface area contributed by atoms with Crippen molar-refractivity contribution >= 4 is 12.0 Å². The van der Waals surface area contributed by atoms with Crippen LogP contribution in [-0.4, -0.2) is 24.7 Å². The van der Waals surface area contributed by atoms with Crippen molar-refractivity contribution in [2.24, 2.45) is 5.92 Å². The van der Waals surface area contributed by atoms with Crippen molar-refractivity contribution in [1.82, 2.24) is 5.32 Å². The maximum absolute atomic E-state index is 12.7. The highest BCUT2D eigenvalue weighted by molar-refractivity contribution is 6.02. The fourth-order valence-electron chi connectivity index (χ4n) is 3.93. The van der Waals surface area contributed by atoms with Gasteiger partial charge in [0.25, 0.3) is 5.91 Å². The predicted molar refractivity (Wildman–Crippen MR) is 105 cm³/mol. The van der Waals surface area contributed by atoms with Crippen molar-refractivity contribution in [1.29, 1.82) is 5.26 Å². The molecule has 0 aromatic heterocycles. The maximum atomic E-state index is 12.7. The summed E-state index contributed by atoms with van der Waals surface area (Å²) in [5.41, 5.74) is 1.90. The highest BCUT2D eigenvalue weighted by atomic mass is 16.5. The molecule has 3 rings (SSSR count). The van der Waals surface area contributed by atoms with Gasteiger partial charge in [0.05, 0.1) is 6.61 Å². The Balaban J connectivity index is 1.85. The largest absolute Gasteiger partial charge is 0.493 e. The molecule has 1 saturated carbocycles. The molecule has 0 saturated heterocycles. The normalized spacial score (nSPS) is 24.5. The van der Waals surface area contributed by atoms with Crippen LogP contribution in [0.4, 0.5) is 0 Å². The van der Waals surface area contributed by atoms with Crippen LogP contribution in [0, 0.1) is 17.2 Å². The molecular formula is C22H28N2O3. The number of nitrogens with one attached hydrogen (secondary N) is 1. The number of fused-ring (bicyclic) bond motifs is 1. The second-order valence-electron chi connectivity index (χ2n) is 7.57. The molecule has 0 unspecified atom stereocenters. The molecule has 0 spiro atoms. The van der Waals surface area contributed by atoms with Crippen LogP contribution in [0.1, 0.15) is 57.6 Å². The number of rotatable bonds is 5. The van der Waals surface area contributed by atoms with Gasteiger partial charge in [-0.15, -0.1) is 0 Å². The van der Waals surface area contributed by atoms with Crippen LogP contribution >= 0.6 is 0 Å². The summed E-state index contributed by atoms with van der Waals surface area (Å²) in [6, 6.07) is 6.03. The van der Waals surface area contributed by atoms with Crippen molar-refractivity contribution in [3.63, 3.8) is 0 Å². The van der Waals surface area contributed by atoms with E-state index in [1.54, 1.807) is 6.08 Å². The fourth-order valence-corrected chi connectivity index (χ4v) is 3.93. The van der Waals surface area contributed by atoms with Crippen molar-refractivity contribution < 1.29 is 14.3 Å². The third-order valence-corrected chi connectivity index (χ3v) is 5.42. The number of nitriles is 1. The molecule has 27 heavy (non-hydrogen) atoms. The molecule has 1 aliphatic carbocycles. The van der Waals surface area contributed by atoms with E-state index in [0.29, 0.717) is 23.8 Å². The van der Waals surface area contributed by atoms with E-state index in [4.69, 9.17) is 9.47 Å². The number of nitrogens with zero attached hydrogens (tertiary/aromatic N) is 1. The average Bonchev–Trinajstić information content (AvgIpc) is 3.00. The summed E-state index contributed by atoms with van der Waals surface area (Å²) in [6.07, 6.45) is 6.99. The molecule has 1 fully saturated rings. The monoisotopic (exact) mass is 368 g/mol. The Morgan fingerprint density at radius 1 is 1.37 bits per heavy atom. The predicted octanol–water partition coefficient (Wildman–Crippen LogP) is 4.01. The summed E-state index contributed by atoms with van der Waals surface area (Å²) < 4.78 is 11.6. The Hall–Kier alpha value is -2.48. The minimum Gasteiger partial charge on any atom is -0.493 e. The van der Waals surface area contributed by atoms with Crippen molar-refractivity contribution in [3.05, 3.63) is 28.8 Å².